The van der Waals surface area contributed by atoms with Crippen LogP contribution in [0.2, 0.25) is 0 Å². The van der Waals surface area contributed by atoms with Crippen LogP contribution in [-0.2, 0) is 12.8 Å². The highest BCUT2D eigenvalue weighted by Gasteiger charge is 2.33. The molecule has 3 aromatic rings. The molecule has 1 aliphatic rings. The first kappa shape index (κ1) is 25.1. The van der Waals surface area contributed by atoms with E-state index in [1.807, 2.05) is 48.7 Å². The third kappa shape index (κ3) is 5.64. The van der Waals surface area contributed by atoms with Crippen molar-refractivity contribution < 1.29 is 9.53 Å². The number of aliphatic imine (C=N–C) groups is 1. The molecule has 1 aromatic heterocycles. The molecule has 0 radical (unpaired) electrons. The predicted octanol–water partition coefficient (Wildman–Crippen LogP) is 8.44. The van der Waals surface area contributed by atoms with Crippen LogP contribution >= 0.6 is 43.2 Å². The normalized spacial score (nSPS) is 15.9. The summed E-state index contributed by atoms with van der Waals surface area (Å²) < 4.78 is 7.17. The van der Waals surface area contributed by atoms with Crippen molar-refractivity contribution in [3.8, 4) is 5.75 Å². The number of anilines is 1. The van der Waals surface area contributed by atoms with Crippen molar-refractivity contribution in [3.05, 3.63) is 73.0 Å². The van der Waals surface area contributed by atoms with E-state index in [4.69, 9.17) is 9.73 Å². The predicted molar refractivity (Wildman–Crippen MR) is 149 cm³/mol. The lowest BCUT2D eigenvalue weighted by molar-refractivity contribution is 0.102. The average Bonchev–Trinajstić information content (AvgIpc) is 3.16. The Labute approximate surface area is 222 Å². The van der Waals surface area contributed by atoms with E-state index in [1.165, 1.54) is 4.88 Å². The Morgan fingerprint density at radius 3 is 2.56 bits per heavy atom. The number of hydrogen-bond acceptors (Lipinski definition) is 4. The van der Waals surface area contributed by atoms with Crippen molar-refractivity contribution in [1.29, 1.82) is 0 Å². The number of thiophene rings is 1. The standard InChI is InChI=1S/C27H28Br2N2O2S/c1-27(2,3)17-6-11-20-23(14-17)34-26(30-15-16-5-12-22(33-4)21(29)13-16)24(20)25(32)31-19-9-7-18(28)8-10-19/h5,7-10,12-13,15,17H,6,11,14H2,1-4H3,(H,31,32)/t17-/m0/s1. The van der Waals surface area contributed by atoms with Crippen molar-refractivity contribution in [2.75, 3.05) is 12.4 Å². The molecule has 1 aliphatic carbocycles. The van der Waals surface area contributed by atoms with E-state index in [1.54, 1.807) is 18.4 Å². The Kier molecular flexibility index (Phi) is 7.65. The van der Waals surface area contributed by atoms with E-state index in [0.717, 1.165) is 55.8 Å². The Morgan fingerprint density at radius 1 is 1.18 bits per heavy atom. The molecule has 1 amide bonds. The summed E-state index contributed by atoms with van der Waals surface area (Å²) in [6.45, 7) is 6.91. The number of amides is 1. The molecule has 1 heterocycles. The van der Waals surface area contributed by atoms with Gasteiger partial charge in [0.2, 0.25) is 0 Å². The molecule has 34 heavy (non-hydrogen) atoms. The zero-order valence-electron chi connectivity index (χ0n) is 19.7. The molecule has 0 spiro atoms. The van der Waals surface area contributed by atoms with Gasteiger partial charge in [-0.25, -0.2) is 4.99 Å². The molecule has 178 valence electrons. The molecule has 0 saturated carbocycles. The second-order valence-electron chi connectivity index (χ2n) is 9.60. The topological polar surface area (TPSA) is 50.7 Å². The minimum atomic E-state index is -0.0999. The molecule has 0 saturated heterocycles. The molecule has 4 rings (SSSR count). The van der Waals surface area contributed by atoms with Crippen molar-refractivity contribution in [1.82, 2.24) is 0 Å². The lowest BCUT2D eigenvalue weighted by Gasteiger charge is -2.33. The van der Waals surface area contributed by atoms with E-state index < -0.39 is 0 Å². The largest absolute Gasteiger partial charge is 0.496 e. The van der Waals surface area contributed by atoms with Gasteiger partial charge in [-0.3, -0.25) is 4.79 Å². The fourth-order valence-electron chi connectivity index (χ4n) is 4.26. The van der Waals surface area contributed by atoms with Crippen LogP contribution in [0.25, 0.3) is 0 Å². The molecular weight excluding hydrogens is 576 g/mol. The number of carbonyl (C=O) groups excluding carboxylic acids is 1. The van der Waals surface area contributed by atoms with Crippen molar-refractivity contribution in [3.63, 3.8) is 0 Å². The second-order valence-corrected chi connectivity index (χ2v) is 12.5. The third-order valence-corrected chi connectivity index (χ3v) is 8.62. The van der Waals surface area contributed by atoms with Gasteiger partial charge in [-0.1, -0.05) is 36.7 Å². The van der Waals surface area contributed by atoms with Crippen molar-refractivity contribution in [2.24, 2.45) is 16.3 Å². The smallest absolute Gasteiger partial charge is 0.259 e. The minimum absolute atomic E-state index is 0.0999. The van der Waals surface area contributed by atoms with Gasteiger partial charge in [0, 0.05) is 21.3 Å². The second kappa shape index (κ2) is 10.3. The van der Waals surface area contributed by atoms with Crippen LogP contribution in [-0.4, -0.2) is 19.2 Å². The molecule has 0 fully saturated rings. The number of carbonyl (C=O) groups is 1. The van der Waals surface area contributed by atoms with Gasteiger partial charge in [-0.2, -0.15) is 0 Å². The number of nitrogens with one attached hydrogen (secondary N) is 1. The lowest BCUT2D eigenvalue weighted by atomic mass is 9.72. The highest BCUT2D eigenvalue weighted by molar-refractivity contribution is 9.10. The van der Waals surface area contributed by atoms with E-state index >= 15 is 0 Å². The molecule has 7 heteroatoms. The number of halogens is 2. The number of hydrogen-bond donors (Lipinski definition) is 1. The zero-order valence-corrected chi connectivity index (χ0v) is 23.7. The van der Waals surface area contributed by atoms with Gasteiger partial charge in [0.25, 0.3) is 5.91 Å². The van der Waals surface area contributed by atoms with E-state index in [2.05, 4.69) is 57.9 Å². The van der Waals surface area contributed by atoms with Gasteiger partial charge in [-0.05, 0) is 100 Å². The minimum Gasteiger partial charge on any atom is -0.496 e. The Balaban J connectivity index is 1.69. The quantitative estimate of drug-likeness (QED) is 0.297. The third-order valence-electron chi connectivity index (χ3n) is 6.31. The van der Waals surface area contributed by atoms with Crippen LogP contribution < -0.4 is 10.1 Å². The van der Waals surface area contributed by atoms with E-state index in [-0.39, 0.29) is 11.3 Å². The highest BCUT2D eigenvalue weighted by atomic mass is 79.9. The average molecular weight is 604 g/mol. The molecule has 1 atom stereocenters. The maximum atomic E-state index is 13.5. The summed E-state index contributed by atoms with van der Waals surface area (Å²) in [5.74, 6) is 1.26. The molecule has 2 aromatic carbocycles. The summed E-state index contributed by atoms with van der Waals surface area (Å²) >= 11 is 8.63. The van der Waals surface area contributed by atoms with Gasteiger partial charge in [0.1, 0.15) is 10.8 Å². The fourth-order valence-corrected chi connectivity index (χ4v) is 6.35. The first-order valence-electron chi connectivity index (χ1n) is 11.2. The summed E-state index contributed by atoms with van der Waals surface area (Å²) in [5, 5.41) is 3.84. The summed E-state index contributed by atoms with van der Waals surface area (Å²) in [4.78, 5) is 19.6. The summed E-state index contributed by atoms with van der Waals surface area (Å²) in [7, 11) is 1.64. The summed E-state index contributed by atoms with van der Waals surface area (Å²) in [6.07, 6.45) is 4.80. The highest BCUT2D eigenvalue weighted by Crippen LogP contribution is 2.45. The van der Waals surface area contributed by atoms with Crippen LogP contribution in [0.1, 0.15) is 53.6 Å². The number of fused-ring (bicyclic) bond motifs is 1. The van der Waals surface area contributed by atoms with Gasteiger partial charge in [0.05, 0.1) is 17.1 Å². The maximum absolute atomic E-state index is 13.5. The van der Waals surface area contributed by atoms with E-state index in [0.29, 0.717) is 11.5 Å². The monoisotopic (exact) mass is 602 g/mol. The number of benzene rings is 2. The molecule has 0 bridgehead atoms. The van der Waals surface area contributed by atoms with Crippen LogP contribution in [0.5, 0.6) is 5.75 Å². The van der Waals surface area contributed by atoms with Gasteiger partial charge < -0.3 is 10.1 Å². The van der Waals surface area contributed by atoms with Crippen LogP contribution in [0.15, 0.2) is 56.4 Å². The summed E-state index contributed by atoms with van der Waals surface area (Å²) in [6, 6.07) is 13.5. The first-order valence-corrected chi connectivity index (χ1v) is 13.6. The van der Waals surface area contributed by atoms with Crippen LogP contribution in [0, 0.1) is 11.3 Å². The van der Waals surface area contributed by atoms with Crippen LogP contribution in [0.3, 0.4) is 0 Å². The number of nitrogens with zero attached hydrogens (tertiary/aromatic N) is 1. The van der Waals surface area contributed by atoms with Crippen molar-refractivity contribution >= 4 is 66.0 Å². The molecule has 0 unspecified atom stereocenters. The molecular formula is C27H28Br2N2O2S. The Bertz CT molecular complexity index is 1230. The number of methoxy groups -OCH3 is 1. The SMILES string of the molecule is COc1ccc(C=Nc2sc3c(c2C(=O)Nc2ccc(Br)cc2)CC[C@H](C(C)(C)C)C3)cc1Br. The van der Waals surface area contributed by atoms with Crippen LogP contribution in [0.4, 0.5) is 10.7 Å². The molecule has 4 nitrogen and oxygen atoms in total. The van der Waals surface area contributed by atoms with Gasteiger partial charge in [0.15, 0.2) is 0 Å². The van der Waals surface area contributed by atoms with Crippen molar-refractivity contribution in [2.45, 2.75) is 40.0 Å². The molecule has 0 aliphatic heterocycles. The summed E-state index contributed by atoms with van der Waals surface area (Å²) in [5.41, 5.74) is 3.80. The number of ether oxygens (including phenoxy) is 1. The molecule has 1 N–H and O–H groups in total. The zero-order chi connectivity index (χ0) is 24.5. The first-order chi connectivity index (χ1) is 16.2. The van der Waals surface area contributed by atoms with Gasteiger partial charge in [-0.15, -0.1) is 11.3 Å². The maximum Gasteiger partial charge on any atom is 0.259 e. The number of rotatable bonds is 5. The lowest BCUT2D eigenvalue weighted by Crippen LogP contribution is -2.27. The Morgan fingerprint density at radius 2 is 1.91 bits per heavy atom. The Hall–Kier alpha value is -1.96. The van der Waals surface area contributed by atoms with Gasteiger partial charge >= 0.3 is 0 Å². The van der Waals surface area contributed by atoms with E-state index in [9.17, 15) is 4.79 Å². The fraction of sp³-hybridized carbons (Fsp3) is 0.333.